The number of aromatic amines is 1. The fraction of sp³-hybridized carbons (Fsp3) is 0.409. The number of amides is 1. The first-order valence-corrected chi connectivity index (χ1v) is 10.8. The van der Waals surface area contributed by atoms with Crippen LogP contribution in [0.5, 0.6) is 0 Å². The van der Waals surface area contributed by atoms with E-state index in [1.807, 2.05) is 41.3 Å². The topological polar surface area (TPSA) is 74.4 Å². The van der Waals surface area contributed by atoms with Gasteiger partial charge in [0.05, 0.1) is 24.6 Å². The summed E-state index contributed by atoms with van der Waals surface area (Å²) >= 11 is 6.11. The summed E-state index contributed by atoms with van der Waals surface area (Å²) in [4.78, 5) is 29.8. The molecule has 0 aliphatic carbocycles. The van der Waals surface area contributed by atoms with Gasteiger partial charge in [0.25, 0.3) is 0 Å². The van der Waals surface area contributed by atoms with Gasteiger partial charge in [0, 0.05) is 36.8 Å². The number of carbonyl (C=O) groups excluding carboxylic acids is 1. The molecule has 1 N–H and O–H groups in total. The van der Waals surface area contributed by atoms with Crippen LogP contribution in [0.15, 0.2) is 36.4 Å². The lowest BCUT2D eigenvalue weighted by Crippen LogP contribution is -2.48. The molecule has 8 heteroatoms. The Kier molecular flexibility index (Phi) is 5.31. The lowest BCUT2D eigenvalue weighted by atomic mass is 9.96. The standard InChI is InChI=1S/C22H24ClN5O2/c23-17-5-1-3-15(13-17)20-24-18-6-7-19(25-21(18)26-20)28-8-2-4-16(14-28)22(29)27-9-11-30-12-10-27/h1,3,5-7,13,16H,2,4,8-12,14H2,(H,24,25,26). The normalized spacial score (nSPS) is 20.0. The highest BCUT2D eigenvalue weighted by Gasteiger charge is 2.30. The van der Waals surface area contributed by atoms with E-state index >= 15 is 0 Å². The van der Waals surface area contributed by atoms with Crippen molar-refractivity contribution in [1.82, 2.24) is 19.9 Å². The highest BCUT2D eigenvalue weighted by molar-refractivity contribution is 6.30. The van der Waals surface area contributed by atoms with Crippen molar-refractivity contribution in [2.24, 2.45) is 5.92 Å². The van der Waals surface area contributed by atoms with E-state index in [1.54, 1.807) is 0 Å². The van der Waals surface area contributed by atoms with Crippen molar-refractivity contribution in [2.45, 2.75) is 12.8 Å². The molecule has 5 rings (SSSR count). The minimum Gasteiger partial charge on any atom is -0.378 e. The van der Waals surface area contributed by atoms with Crippen molar-refractivity contribution < 1.29 is 9.53 Å². The van der Waals surface area contributed by atoms with Crippen LogP contribution in [-0.2, 0) is 9.53 Å². The maximum atomic E-state index is 12.9. The van der Waals surface area contributed by atoms with E-state index in [2.05, 4.69) is 14.9 Å². The first kappa shape index (κ1) is 19.3. The number of nitrogens with one attached hydrogen (secondary N) is 1. The molecule has 3 aromatic rings. The van der Waals surface area contributed by atoms with E-state index in [4.69, 9.17) is 21.3 Å². The molecule has 2 aliphatic rings. The number of ether oxygens (including phenoxy) is 1. The number of H-pyrrole nitrogens is 1. The molecule has 2 fully saturated rings. The Hall–Kier alpha value is -2.64. The number of hydrogen-bond donors (Lipinski definition) is 1. The van der Waals surface area contributed by atoms with E-state index in [-0.39, 0.29) is 11.8 Å². The summed E-state index contributed by atoms with van der Waals surface area (Å²) in [6.07, 6.45) is 1.91. The van der Waals surface area contributed by atoms with Gasteiger partial charge in [-0.15, -0.1) is 0 Å². The van der Waals surface area contributed by atoms with Crippen LogP contribution in [0.3, 0.4) is 0 Å². The van der Waals surface area contributed by atoms with Crippen molar-refractivity contribution in [3.63, 3.8) is 0 Å². The summed E-state index contributed by atoms with van der Waals surface area (Å²) in [6.45, 7) is 4.25. The SMILES string of the molecule is O=C(C1CCCN(c2ccc3[nH]c(-c4cccc(Cl)c4)nc3n2)C1)N1CCOCC1. The number of anilines is 1. The number of morpholine rings is 1. The van der Waals surface area contributed by atoms with Crippen molar-refractivity contribution >= 4 is 34.5 Å². The molecule has 0 radical (unpaired) electrons. The van der Waals surface area contributed by atoms with Crippen LogP contribution in [0, 0.1) is 5.92 Å². The lowest BCUT2D eigenvalue weighted by molar-refractivity contribution is -0.139. The Labute approximate surface area is 180 Å². The van der Waals surface area contributed by atoms with Crippen LogP contribution in [0.1, 0.15) is 12.8 Å². The third kappa shape index (κ3) is 3.87. The Balaban J connectivity index is 1.35. The molecule has 1 aromatic carbocycles. The number of aromatic nitrogens is 3. The first-order chi connectivity index (χ1) is 14.7. The number of hydrogen-bond acceptors (Lipinski definition) is 5. The number of carbonyl (C=O) groups is 1. The van der Waals surface area contributed by atoms with Crippen LogP contribution >= 0.6 is 11.6 Å². The van der Waals surface area contributed by atoms with Gasteiger partial charge >= 0.3 is 0 Å². The van der Waals surface area contributed by atoms with Crippen LogP contribution in [0.2, 0.25) is 5.02 Å². The zero-order valence-corrected chi connectivity index (χ0v) is 17.4. The maximum Gasteiger partial charge on any atom is 0.227 e. The largest absolute Gasteiger partial charge is 0.378 e. The van der Waals surface area contributed by atoms with Gasteiger partial charge in [0.2, 0.25) is 5.91 Å². The molecule has 2 aromatic heterocycles. The average Bonchev–Trinajstić information content (AvgIpc) is 3.23. The molecular formula is C22H24ClN5O2. The second kappa shape index (κ2) is 8.24. The second-order valence-corrected chi connectivity index (χ2v) is 8.30. The Bertz CT molecular complexity index is 1060. The summed E-state index contributed by atoms with van der Waals surface area (Å²) in [5.41, 5.74) is 2.48. The van der Waals surface area contributed by atoms with Crippen molar-refractivity contribution in [1.29, 1.82) is 0 Å². The Morgan fingerprint density at radius 3 is 2.83 bits per heavy atom. The average molecular weight is 426 g/mol. The van der Waals surface area contributed by atoms with E-state index in [0.717, 1.165) is 42.1 Å². The number of imidazole rings is 1. The third-order valence-electron chi connectivity index (χ3n) is 5.85. The molecular weight excluding hydrogens is 402 g/mol. The number of piperidine rings is 1. The predicted molar refractivity (Wildman–Crippen MR) is 117 cm³/mol. The third-order valence-corrected chi connectivity index (χ3v) is 6.08. The predicted octanol–water partition coefficient (Wildman–Crippen LogP) is 3.35. The summed E-state index contributed by atoms with van der Waals surface area (Å²) in [5.74, 6) is 1.87. The summed E-state index contributed by atoms with van der Waals surface area (Å²) < 4.78 is 5.38. The molecule has 156 valence electrons. The number of pyridine rings is 1. The summed E-state index contributed by atoms with van der Waals surface area (Å²) in [5, 5.41) is 0.672. The number of halogens is 1. The van der Waals surface area contributed by atoms with Crippen molar-refractivity contribution in [3.8, 4) is 11.4 Å². The molecule has 1 amide bonds. The highest BCUT2D eigenvalue weighted by Crippen LogP contribution is 2.27. The zero-order chi connectivity index (χ0) is 20.5. The molecule has 30 heavy (non-hydrogen) atoms. The van der Waals surface area contributed by atoms with E-state index in [9.17, 15) is 4.79 Å². The molecule has 0 bridgehead atoms. The minimum absolute atomic E-state index is 0.00977. The second-order valence-electron chi connectivity index (χ2n) is 7.86. The van der Waals surface area contributed by atoms with Gasteiger partial charge < -0.3 is 19.5 Å². The zero-order valence-electron chi connectivity index (χ0n) is 16.7. The van der Waals surface area contributed by atoms with Gasteiger partial charge in [0.1, 0.15) is 11.6 Å². The van der Waals surface area contributed by atoms with Crippen molar-refractivity contribution in [3.05, 3.63) is 41.4 Å². The first-order valence-electron chi connectivity index (χ1n) is 10.4. The fourth-order valence-corrected chi connectivity index (χ4v) is 4.45. The van der Waals surface area contributed by atoms with Crippen LogP contribution in [0.25, 0.3) is 22.6 Å². The van der Waals surface area contributed by atoms with Crippen LogP contribution < -0.4 is 4.90 Å². The van der Waals surface area contributed by atoms with Gasteiger partial charge in [-0.2, -0.15) is 0 Å². The monoisotopic (exact) mass is 425 g/mol. The Morgan fingerprint density at radius 2 is 2.00 bits per heavy atom. The van der Waals surface area contributed by atoms with E-state index in [1.165, 1.54) is 0 Å². The molecule has 4 heterocycles. The summed E-state index contributed by atoms with van der Waals surface area (Å²) in [7, 11) is 0. The lowest BCUT2D eigenvalue weighted by Gasteiger charge is -2.36. The van der Waals surface area contributed by atoms with E-state index in [0.29, 0.717) is 43.5 Å². The molecule has 0 spiro atoms. The molecule has 2 saturated heterocycles. The van der Waals surface area contributed by atoms with Gasteiger partial charge in [-0.1, -0.05) is 23.7 Å². The van der Waals surface area contributed by atoms with Crippen molar-refractivity contribution in [2.75, 3.05) is 44.3 Å². The van der Waals surface area contributed by atoms with Gasteiger partial charge in [-0.25, -0.2) is 9.97 Å². The molecule has 1 unspecified atom stereocenters. The van der Waals surface area contributed by atoms with Crippen LogP contribution in [0.4, 0.5) is 5.82 Å². The number of fused-ring (bicyclic) bond motifs is 1. The maximum absolute atomic E-state index is 12.9. The fourth-order valence-electron chi connectivity index (χ4n) is 4.26. The number of rotatable bonds is 3. The Morgan fingerprint density at radius 1 is 1.13 bits per heavy atom. The smallest absolute Gasteiger partial charge is 0.227 e. The molecule has 1 atom stereocenters. The summed E-state index contributed by atoms with van der Waals surface area (Å²) in [6, 6.07) is 11.6. The van der Waals surface area contributed by atoms with Gasteiger partial charge in [-0.3, -0.25) is 4.79 Å². The molecule has 7 nitrogen and oxygen atoms in total. The highest BCUT2D eigenvalue weighted by atomic mass is 35.5. The molecule has 0 saturated carbocycles. The molecule has 2 aliphatic heterocycles. The van der Waals surface area contributed by atoms with Gasteiger partial charge in [-0.05, 0) is 37.1 Å². The number of nitrogens with zero attached hydrogens (tertiary/aromatic N) is 4. The van der Waals surface area contributed by atoms with E-state index < -0.39 is 0 Å². The number of benzene rings is 1. The minimum atomic E-state index is 0.00977. The quantitative estimate of drug-likeness (QED) is 0.696. The van der Waals surface area contributed by atoms with Crippen LogP contribution in [-0.4, -0.2) is 65.2 Å². The van der Waals surface area contributed by atoms with Gasteiger partial charge in [0.15, 0.2) is 5.65 Å².